The molecule has 18 heavy (non-hydrogen) atoms. The maximum Gasteiger partial charge on any atom is 0.165 e. The first kappa shape index (κ1) is 15.4. The van der Waals surface area contributed by atoms with E-state index in [2.05, 4.69) is 29.8 Å². The minimum absolute atomic E-state index is 0.284. The van der Waals surface area contributed by atoms with Gasteiger partial charge in [-0.1, -0.05) is 35.8 Å². The van der Waals surface area contributed by atoms with Gasteiger partial charge in [0.2, 0.25) is 0 Å². The van der Waals surface area contributed by atoms with Crippen molar-refractivity contribution in [3.05, 3.63) is 29.6 Å². The van der Waals surface area contributed by atoms with Gasteiger partial charge < -0.3 is 9.47 Å². The summed E-state index contributed by atoms with van der Waals surface area (Å²) in [5.74, 6) is 0.599. The maximum absolute atomic E-state index is 13.5. The van der Waals surface area contributed by atoms with E-state index in [-0.39, 0.29) is 11.6 Å². The number of ether oxygens (including phenoxy) is 2. The minimum Gasteiger partial charge on any atom is -0.488 e. The van der Waals surface area contributed by atoms with Crippen molar-refractivity contribution in [1.82, 2.24) is 0 Å². The van der Waals surface area contributed by atoms with Crippen LogP contribution in [-0.4, -0.2) is 19.8 Å². The molecule has 102 valence electrons. The summed E-state index contributed by atoms with van der Waals surface area (Å²) in [5.41, 5.74) is 0.896. The number of rotatable bonds is 8. The van der Waals surface area contributed by atoms with E-state index in [0.29, 0.717) is 24.5 Å². The molecule has 1 rings (SSSR count). The third-order valence-electron chi connectivity index (χ3n) is 2.48. The zero-order chi connectivity index (χ0) is 13.4. The van der Waals surface area contributed by atoms with Crippen LogP contribution in [0.25, 0.3) is 0 Å². The topological polar surface area (TPSA) is 18.5 Å². The average molecular weight is 319 g/mol. The minimum atomic E-state index is -0.325. The van der Waals surface area contributed by atoms with Crippen LogP contribution >= 0.6 is 15.9 Å². The summed E-state index contributed by atoms with van der Waals surface area (Å²) >= 11 is 3.28. The lowest BCUT2D eigenvalue weighted by atomic mass is 10.1. The van der Waals surface area contributed by atoms with Crippen molar-refractivity contribution in [1.29, 1.82) is 0 Å². The fourth-order valence-electron chi connectivity index (χ4n) is 1.38. The Bertz CT molecular complexity index is 356. The van der Waals surface area contributed by atoms with E-state index < -0.39 is 0 Å². The van der Waals surface area contributed by atoms with Crippen molar-refractivity contribution in [3.8, 4) is 5.75 Å². The highest BCUT2D eigenvalue weighted by atomic mass is 79.9. The van der Waals surface area contributed by atoms with Crippen molar-refractivity contribution >= 4 is 15.9 Å². The fourth-order valence-corrected chi connectivity index (χ4v) is 1.72. The number of halogens is 2. The lowest BCUT2D eigenvalue weighted by Gasteiger charge is -2.09. The Morgan fingerprint density at radius 2 is 2.00 bits per heavy atom. The van der Waals surface area contributed by atoms with E-state index in [1.807, 2.05) is 6.07 Å². The number of alkyl halides is 1. The molecule has 0 fully saturated rings. The van der Waals surface area contributed by atoms with Crippen LogP contribution in [0.2, 0.25) is 0 Å². The summed E-state index contributed by atoms with van der Waals surface area (Å²) in [6.07, 6.45) is 1.04. The second-order valence-corrected chi connectivity index (χ2v) is 5.10. The Morgan fingerprint density at radius 3 is 2.61 bits per heavy atom. The zero-order valence-electron chi connectivity index (χ0n) is 10.9. The van der Waals surface area contributed by atoms with Crippen molar-refractivity contribution in [2.75, 3.05) is 19.8 Å². The van der Waals surface area contributed by atoms with Gasteiger partial charge in [-0.15, -0.1) is 0 Å². The Morgan fingerprint density at radius 1 is 1.22 bits per heavy atom. The van der Waals surface area contributed by atoms with Crippen molar-refractivity contribution in [2.45, 2.75) is 25.6 Å². The smallest absolute Gasteiger partial charge is 0.165 e. The molecule has 0 unspecified atom stereocenters. The molecule has 0 heterocycles. The number of hydrogen-bond acceptors (Lipinski definition) is 2. The quantitative estimate of drug-likeness (QED) is 0.529. The van der Waals surface area contributed by atoms with Gasteiger partial charge in [0, 0.05) is 11.9 Å². The summed E-state index contributed by atoms with van der Waals surface area (Å²) in [6, 6.07) is 4.97. The summed E-state index contributed by atoms with van der Waals surface area (Å²) in [7, 11) is 0. The molecule has 0 N–H and O–H groups in total. The predicted molar refractivity (Wildman–Crippen MR) is 74.8 cm³/mol. The molecule has 2 nitrogen and oxygen atoms in total. The van der Waals surface area contributed by atoms with Gasteiger partial charge >= 0.3 is 0 Å². The van der Waals surface area contributed by atoms with E-state index in [0.717, 1.165) is 18.6 Å². The molecule has 0 aliphatic carbocycles. The molecule has 0 aromatic heterocycles. The molecule has 0 amide bonds. The van der Waals surface area contributed by atoms with Gasteiger partial charge in [0.15, 0.2) is 11.6 Å². The lowest BCUT2D eigenvalue weighted by Crippen LogP contribution is -2.09. The molecule has 1 aromatic rings. The van der Waals surface area contributed by atoms with Crippen LogP contribution < -0.4 is 4.74 Å². The van der Waals surface area contributed by atoms with Crippen LogP contribution in [0.5, 0.6) is 5.75 Å². The van der Waals surface area contributed by atoms with Crippen LogP contribution in [0, 0.1) is 11.7 Å². The van der Waals surface area contributed by atoms with Gasteiger partial charge in [-0.05, 0) is 30.0 Å². The summed E-state index contributed by atoms with van der Waals surface area (Å²) in [6.45, 7) is 5.91. The first-order valence-electron chi connectivity index (χ1n) is 6.18. The van der Waals surface area contributed by atoms with E-state index >= 15 is 0 Å². The molecular weight excluding hydrogens is 299 g/mol. The molecule has 0 saturated carbocycles. The Labute approximate surface area is 117 Å². The van der Waals surface area contributed by atoms with Crippen LogP contribution in [0.4, 0.5) is 4.39 Å². The molecule has 0 aliphatic heterocycles. The normalized spacial score (nSPS) is 10.9. The highest BCUT2D eigenvalue weighted by Gasteiger charge is 2.04. The van der Waals surface area contributed by atoms with Crippen molar-refractivity contribution in [2.24, 2.45) is 5.92 Å². The van der Waals surface area contributed by atoms with Crippen LogP contribution in [0.15, 0.2) is 18.2 Å². The van der Waals surface area contributed by atoms with Gasteiger partial charge in [-0.3, -0.25) is 0 Å². The van der Waals surface area contributed by atoms with Crippen molar-refractivity contribution < 1.29 is 13.9 Å². The largest absolute Gasteiger partial charge is 0.488 e. The molecule has 0 atom stereocenters. The summed E-state index contributed by atoms with van der Waals surface area (Å²) < 4.78 is 24.3. The summed E-state index contributed by atoms with van der Waals surface area (Å²) in [4.78, 5) is 0. The van der Waals surface area contributed by atoms with E-state index in [9.17, 15) is 4.39 Å². The average Bonchev–Trinajstić information content (AvgIpc) is 2.34. The third-order valence-corrected chi connectivity index (χ3v) is 3.12. The molecule has 0 radical (unpaired) electrons. The highest BCUT2D eigenvalue weighted by Crippen LogP contribution is 2.19. The second kappa shape index (κ2) is 8.48. The SMILES string of the molecule is CC(C)CCOCCOc1ccc(CBr)cc1F. The van der Waals surface area contributed by atoms with Crippen LogP contribution in [0.3, 0.4) is 0 Å². The molecule has 4 heteroatoms. The number of benzene rings is 1. The molecule has 0 spiro atoms. The van der Waals surface area contributed by atoms with Gasteiger partial charge in [-0.2, -0.15) is 0 Å². The van der Waals surface area contributed by atoms with E-state index in [1.165, 1.54) is 6.07 Å². The van der Waals surface area contributed by atoms with E-state index in [4.69, 9.17) is 9.47 Å². The monoisotopic (exact) mass is 318 g/mol. The fraction of sp³-hybridized carbons (Fsp3) is 0.571. The summed E-state index contributed by atoms with van der Waals surface area (Å²) in [5, 5.41) is 0.641. The molecule has 0 aliphatic rings. The van der Waals surface area contributed by atoms with Gasteiger partial charge in [0.1, 0.15) is 6.61 Å². The van der Waals surface area contributed by atoms with Gasteiger partial charge in [0.25, 0.3) is 0 Å². The highest BCUT2D eigenvalue weighted by molar-refractivity contribution is 9.08. The van der Waals surface area contributed by atoms with Crippen LogP contribution in [-0.2, 0) is 10.1 Å². The molecular formula is C14H20BrFO2. The first-order valence-corrected chi connectivity index (χ1v) is 7.30. The Kier molecular flexibility index (Phi) is 7.28. The first-order chi connectivity index (χ1) is 8.63. The van der Waals surface area contributed by atoms with Gasteiger partial charge in [-0.25, -0.2) is 4.39 Å². The molecule has 0 bridgehead atoms. The predicted octanol–water partition coefficient (Wildman–Crippen LogP) is 4.16. The van der Waals surface area contributed by atoms with Crippen LogP contribution in [0.1, 0.15) is 25.8 Å². The zero-order valence-corrected chi connectivity index (χ0v) is 12.5. The lowest BCUT2D eigenvalue weighted by molar-refractivity contribution is 0.0913. The molecule has 1 aromatic carbocycles. The van der Waals surface area contributed by atoms with E-state index in [1.54, 1.807) is 6.07 Å². The Hall–Kier alpha value is -0.610. The molecule has 0 saturated heterocycles. The maximum atomic E-state index is 13.5. The van der Waals surface area contributed by atoms with Gasteiger partial charge in [0.05, 0.1) is 6.61 Å². The second-order valence-electron chi connectivity index (χ2n) is 4.54. The third kappa shape index (κ3) is 5.83. The number of hydrogen-bond donors (Lipinski definition) is 0. The Balaban J connectivity index is 2.23. The van der Waals surface area contributed by atoms with Crippen molar-refractivity contribution in [3.63, 3.8) is 0 Å². The standard InChI is InChI=1S/C14H20BrFO2/c1-11(2)5-6-17-7-8-18-14-4-3-12(10-15)9-13(14)16/h3-4,9,11H,5-8,10H2,1-2H3.